The van der Waals surface area contributed by atoms with Crippen LogP contribution in [0, 0.1) is 17.1 Å². The molecule has 3 aliphatic rings. The minimum atomic E-state index is -0.587. The molecule has 0 spiro atoms. The largest absolute Gasteiger partial charge is 0.366 e. The van der Waals surface area contributed by atoms with Crippen molar-refractivity contribution in [2.45, 2.75) is 63.3 Å². The summed E-state index contributed by atoms with van der Waals surface area (Å²) in [7, 11) is 0. The molecule has 0 radical (unpaired) electrons. The van der Waals surface area contributed by atoms with E-state index in [-0.39, 0.29) is 5.56 Å². The highest BCUT2D eigenvalue weighted by Crippen LogP contribution is 2.38. The van der Waals surface area contributed by atoms with E-state index in [1.807, 2.05) is 11.0 Å². The van der Waals surface area contributed by atoms with E-state index in [9.17, 15) is 9.18 Å². The molecule has 5 nitrogen and oxygen atoms in total. The number of anilines is 1. The van der Waals surface area contributed by atoms with Crippen LogP contribution in [0.5, 0.6) is 0 Å². The molecule has 182 valence electrons. The minimum absolute atomic E-state index is 0.0118. The number of nitrogens with two attached hydrogens (primary N) is 2. The Morgan fingerprint density at radius 3 is 2.23 bits per heavy atom. The van der Waals surface area contributed by atoms with E-state index in [2.05, 4.69) is 24.3 Å². The average Bonchev–Trinajstić information content (AvgIpc) is 2.84. The topological polar surface area (TPSA) is 96.1 Å². The Balaban J connectivity index is 0.000000356. The predicted octanol–water partition coefficient (Wildman–Crippen LogP) is 5.52. The van der Waals surface area contributed by atoms with Crippen LogP contribution in [0.1, 0.15) is 74.0 Å². The summed E-state index contributed by atoms with van der Waals surface area (Å²) in [6, 6.07) is 15.2. The summed E-state index contributed by atoms with van der Waals surface area (Å²) in [5.74, 6) is -0.456. The summed E-state index contributed by atoms with van der Waals surface area (Å²) in [5.41, 5.74) is 15.0. The molecule has 0 aromatic heterocycles. The number of amides is 1. The van der Waals surface area contributed by atoms with Gasteiger partial charge >= 0.3 is 0 Å². The summed E-state index contributed by atoms with van der Waals surface area (Å²) in [5, 5.41) is 8.98. The lowest BCUT2D eigenvalue weighted by molar-refractivity contribution is -0.114. The van der Waals surface area contributed by atoms with Crippen molar-refractivity contribution in [2.75, 3.05) is 11.4 Å². The van der Waals surface area contributed by atoms with Crippen LogP contribution in [-0.2, 0) is 4.79 Å². The van der Waals surface area contributed by atoms with Crippen molar-refractivity contribution < 1.29 is 9.18 Å². The Bertz CT molecular complexity index is 1150. The molecule has 2 saturated carbocycles. The van der Waals surface area contributed by atoms with Gasteiger partial charge in [0, 0.05) is 35.1 Å². The van der Waals surface area contributed by atoms with Gasteiger partial charge in [-0.05, 0) is 67.5 Å². The van der Waals surface area contributed by atoms with Crippen molar-refractivity contribution in [3.8, 4) is 6.07 Å². The second-order valence-electron chi connectivity index (χ2n) is 9.59. The highest BCUT2D eigenvalue weighted by molar-refractivity contribution is 5.99. The van der Waals surface area contributed by atoms with Gasteiger partial charge in [0.1, 0.15) is 11.9 Å². The molecule has 35 heavy (non-hydrogen) atoms. The van der Waals surface area contributed by atoms with Crippen molar-refractivity contribution in [3.05, 3.63) is 82.7 Å². The number of halogens is 1. The molecule has 0 unspecified atom stereocenters. The Labute approximate surface area is 206 Å². The van der Waals surface area contributed by atoms with Crippen molar-refractivity contribution in [1.29, 1.82) is 5.26 Å². The standard InChI is InChI=1S/C23H20FN3O.C6H13N/c24-21-12-17(4-5-19(21)14-25)22-13-18(23(26)28)10-11-27(22)20-8-6-16(7-9-20)15-2-1-3-15;7-6-4-2-1-3-5-6/h4-10,12-13,15H,1-3,11H2,(H2,26,28);6H,1-5,7H2. The zero-order chi connectivity index (χ0) is 24.8. The van der Waals surface area contributed by atoms with Gasteiger partial charge in [-0.15, -0.1) is 0 Å². The first-order chi connectivity index (χ1) is 17.0. The number of hydrogen-bond acceptors (Lipinski definition) is 4. The van der Waals surface area contributed by atoms with Crippen LogP contribution < -0.4 is 16.4 Å². The highest BCUT2D eigenvalue weighted by Gasteiger charge is 2.22. The third-order valence-electron chi connectivity index (χ3n) is 7.18. The number of primary amides is 1. The SMILES string of the molecule is N#Cc1ccc(C2=CC(C(N)=O)=CCN2c2ccc(C3CCC3)cc2)cc1F.NC1CCCCC1. The summed E-state index contributed by atoms with van der Waals surface area (Å²) in [6.07, 6.45) is 13.9. The third kappa shape index (κ3) is 5.98. The van der Waals surface area contributed by atoms with E-state index < -0.39 is 11.7 Å². The molecule has 0 atom stereocenters. The predicted molar refractivity (Wildman–Crippen MR) is 138 cm³/mol. The van der Waals surface area contributed by atoms with Crippen LogP contribution in [0.15, 0.2) is 60.2 Å². The lowest BCUT2D eigenvalue weighted by Crippen LogP contribution is -2.27. The van der Waals surface area contributed by atoms with Crippen molar-refractivity contribution in [1.82, 2.24) is 0 Å². The molecule has 0 saturated heterocycles. The minimum Gasteiger partial charge on any atom is -0.366 e. The monoisotopic (exact) mass is 472 g/mol. The van der Waals surface area contributed by atoms with E-state index in [1.165, 1.54) is 69.1 Å². The van der Waals surface area contributed by atoms with Crippen LogP contribution in [0.2, 0.25) is 0 Å². The van der Waals surface area contributed by atoms with Gasteiger partial charge in [-0.3, -0.25) is 4.79 Å². The molecular weight excluding hydrogens is 439 g/mol. The first kappa shape index (κ1) is 24.7. The summed E-state index contributed by atoms with van der Waals surface area (Å²) < 4.78 is 14.2. The van der Waals surface area contributed by atoms with E-state index in [0.29, 0.717) is 35.3 Å². The fraction of sp³-hybridized carbons (Fsp3) is 0.379. The van der Waals surface area contributed by atoms with Gasteiger partial charge in [0.05, 0.1) is 5.56 Å². The van der Waals surface area contributed by atoms with Gasteiger partial charge in [0.2, 0.25) is 5.91 Å². The van der Waals surface area contributed by atoms with Gasteiger partial charge < -0.3 is 16.4 Å². The van der Waals surface area contributed by atoms with Gasteiger partial charge in [-0.25, -0.2) is 4.39 Å². The van der Waals surface area contributed by atoms with Gasteiger partial charge in [0.25, 0.3) is 0 Å². The van der Waals surface area contributed by atoms with Crippen molar-refractivity contribution >= 4 is 17.3 Å². The number of hydrogen-bond donors (Lipinski definition) is 2. The molecule has 5 rings (SSSR count). The van der Waals surface area contributed by atoms with Crippen LogP contribution in [0.4, 0.5) is 10.1 Å². The van der Waals surface area contributed by atoms with Crippen molar-refractivity contribution in [3.63, 3.8) is 0 Å². The third-order valence-corrected chi connectivity index (χ3v) is 7.18. The molecule has 2 aromatic carbocycles. The Hall–Kier alpha value is -3.43. The average molecular weight is 473 g/mol. The molecular formula is C29H33FN4O. The number of rotatable bonds is 4. The number of carbonyl (C=O) groups is 1. The van der Waals surface area contributed by atoms with Crippen LogP contribution in [-0.4, -0.2) is 18.5 Å². The molecule has 2 aromatic rings. The number of nitriles is 1. The lowest BCUT2D eigenvalue weighted by Gasteiger charge is -2.31. The molecule has 1 heterocycles. The Kier molecular flexibility index (Phi) is 7.99. The van der Waals surface area contributed by atoms with Gasteiger partial charge in [0.15, 0.2) is 0 Å². The van der Waals surface area contributed by atoms with Crippen LogP contribution in [0.25, 0.3) is 5.70 Å². The van der Waals surface area contributed by atoms with E-state index in [0.717, 1.165) is 5.69 Å². The second kappa shape index (κ2) is 11.3. The first-order valence-electron chi connectivity index (χ1n) is 12.5. The van der Waals surface area contributed by atoms with E-state index in [4.69, 9.17) is 16.7 Å². The molecule has 4 N–H and O–H groups in total. The molecule has 2 aliphatic carbocycles. The zero-order valence-corrected chi connectivity index (χ0v) is 20.1. The maximum atomic E-state index is 14.2. The summed E-state index contributed by atoms with van der Waals surface area (Å²) in [6.45, 7) is 0.453. The molecule has 1 amide bonds. The van der Waals surface area contributed by atoms with Crippen LogP contribution >= 0.6 is 0 Å². The number of nitrogens with zero attached hydrogens (tertiary/aromatic N) is 2. The van der Waals surface area contributed by atoms with Crippen LogP contribution in [0.3, 0.4) is 0 Å². The lowest BCUT2D eigenvalue weighted by atomic mass is 9.80. The Morgan fingerprint density at radius 2 is 1.71 bits per heavy atom. The molecule has 2 fully saturated rings. The maximum Gasteiger partial charge on any atom is 0.248 e. The van der Waals surface area contributed by atoms with E-state index in [1.54, 1.807) is 18.2 Å². The highest BCUT2D eigenvalue weighted by atomic mass is 19.1. The Morgan fingerprint density at radius 1 is 1.00 bits per heavy atom. The van der Waals surface area contributed by atoms with Crippen molar-refractivity contribution in [2.24, 2.45) is 11.5 Å². The normalized spacial score (nSPS) is 18.4. The molecule has 6 heteroatoms. The van der Waals surface area contributed by atoms with Gasteiger partial charge in [-0.2, -0.15) is 5.26 Å². The fourth-order valence-corrected chi connectivity index (χ4v) is 4.79. The molecule has 0 bridgehead atoms. The summed E-state index contributed by atoms with van der Waals surface area (Å²) in [4.78, 5) is 13.7. The maximum absolute atomic E-state index is 14.2. The number of benzene rings is 2. The smallest absolute Gasteiger partial charge is 0.248 e. The molecule has 1 aliphatic heterocycles. The zero-order valence-electron chi connectivity index (χ0n) is 20.1. The fourth-order valence-electron chi connectivity index (χ4n) is 4.79. The second-order valence-corrected chi connectivity index (χ2v) is 9.59. The van der Waals surface area contributed by atoms with E-state index >= 15 is 0 Å². The number of carbonyl (C=O) groups excluding carboxylic acids is 1. The first-order valence-corrected chi connectivity index (χ1v) is 12.5. The summed E-state index contributed by atoms with van der Waals surface area (Å²) >= 11 is 0. The van der Waals surface area contributed by atoms with Gasteiger partial charge in [-0.1, -0.05) is 50.0 Å². The quantitative estimate of drug-likeness (QED) is 0.613.